The molecule has 0 aliphatic heterocycles. The van der Waals surface area contributed by atoms with E-state index in [2.05, 4.69) is 10.6 Å². The SMILES string of the molecule is CCCOc1ccc(C(=O)Nc2ccccc2C(=O)NC2CCCCC2)cc1. The van der Waals surface area contributed by atoms with Crippen LogP contribution in [0.25, 0.3) is 0 Å². The summed E-state index contributed by atoms with van der Waals surface area (Å²) >= 11 is 0. The highest BCUT2D eigenvalue weighted by molar-refractivity contribution is 6.09. The van der Waals surface area contributed by atoms with Gasteiger partial charge in [0.15, 0.2) is 0 Å². The molecule has 2 aromatic carbocycles. The third kappa shape index (κ3) is 5.35. The Morgan fingerprint density at radius 1 is 0.964 bits per heavy atom. The Bertz CT molecular complexity index is 796. The molecule has 2 N–H and O–H groups in total. The molecule has 1 aliphatic carbocycles. The maximum Gasteiger partial charge on any atom is 0.255 e. The van der Waals surface area contributed by atoms with Gasteiger partial charge < -0.3 is 15.4 Å². The second-order valence-electron chi connectivity index (χ2n) is 7.18. The number of para-hydroxylation sites is 1. The minimum absolute atomic E-state index is 0.133. The molecule has 0 heterocycles. The smallest absolute Gasteiger partial charge is 0.255 e. The van der Waals surface area contributed by atoms with Gasteiger partial charge in [-0.05, 0) is 55.7 Å². The summed E-state index contributed by atoms with van der Waals surface area (Å²) in [5.41, 5.74) is 1.53. The molecule has 0 atom stereocenters. The van der Waals surface area contributed by atoms with Gasteiger partial charge in [0, 0.05) is 11.6 Å². The fraction of sp³-hybridized carbons (Fsp3) is 0.391. The van der Waals surface area contributed by atoms with Gasteiger partial charge in [0.1, 0.15) is 5.75 Å². The van der Waals surface area contributed by atoms with E-state index >= 15 is 0 Å². The molecular weight excluding hydrogens is 352 g/mol. The molecule has 1 aliphatic rings. The molecule has 2 aromatic rings. The first-order valence-corrected chi connectivity index (χ1v) is 10.1. The monoisotopic (exact) mass is 380 g/mol. The molecule has 1 saturated carbocycles. The second kappa shape index (κ2) is 9.93. The number of hydrogen-bond acceptors (Lipinski definition) is 3. The fourth-order valence-corrected chi connectivity index (χ4v) is 3.42. The Hall–Kier alpha value is -2.82. The average molecular weight is 380 g/mol. The van der Waals surface area contributed by atoms with Crippen molar-refractivity contribution < 1.29 is 14.3 Å². The van der Waals surface area contributed by atoms with Crippen LogP contribution in [0.1, 0.15) is 66.2 Å². The molecular formula is C23H28N2O3. The molecule has 0 spiro atoms. The molecule has 148 valence electrons. The number of ether oxygens (including phenoxy) is 1. The summed E-state index contributed by atoms with van der Waals surface area (Å²) in [6.07, 6.45) is 6.52. The number of anilines is 1. The lowest BCUT2D eigenvalue weighted by Crippen LogP contribution is -2.36. The highest BCUT2D eigenvalue weighted by Crippen LogP contribution is 2.21. The lowest BCUT2D eigenvalue weighted by atomic mass is 9.95. The predicted molar refractivity (Wildman–Crippen MR) is 111 cm³/mol. The minimum Gasteiger partial charge on any atom is -0.494 e. The maximum absolute atomic E-state index is 12.7. The largest absolute Gasteiger partial charge is 0.494 e. The molecule has 0 saturated heterocycles. The quantitative estimate of drug-likeness (QED) is 0.726. The number of nitrogens with one attached hydrogen (secondary N) is 2. The summed E-state index contributed by atoms with van der Waals surface area (Å²) < 4.78 is 5.55. The summed E-state index contributed by atoms with van der Waals surface area (Å²) in [7, 11) is 0. The highest BCUT2D eigenvalue weighted by atomic mass is 16.5. The van der Waals surface area contributed by atoms with E-state index in [-0.39, 0.29) is 17.9 Å². The molecule has 0 radical (unpaired) electrons. The van der Waals surface area contributed by atoms with Crippen LogP contribution in [0, 0.1) is 0 Å². The Morgan fingerprint density at radius 2 is 1.68 bits per heavy atom. The van der Waals surface area contributed by atoms with Gasteiger partial charge in [-0.25, -0.2) is 0 Å². The zero-order valence-electron chi connectivity index (χ0n) is 16.4. The van der Waals surface area contributed by atoms with Crippen molar-refractivity contribution in [1.29, 1.82) is 0 Å². The van der Waals surface area contributed by atoms with Gasteiger partial charge in [-0.1, -0.05) is 38.3 Å². The second-order valence-corrected chi connectivity index (χ2v) is 7.18. The van der Waals surface area contributed by atoms with Gasteiger partial charge in [-0.2, -0.15) is 0 Å². The first-order valence-electron chi connectivity index (χ1n) is 10.1. The number of carbonyl (C=O) groups excluding carboxylic acids is 2. The number of amides is 2. The Labute approximate surface area is 166 Å². The standard InChI is InChI=1S/C23H28N2O3/c1-2-16-28-19-14-12-17(13-15-19)22(26)25-21-11-7-6-10-20(21)23(27)24-18-8-4-3-5-9-18/h6-7,10-15,18H,2-5,8-9,16H2,1H3,(H,24,27)(H,25,26). The third-order valence-corrected chi connectivity index (χ3v) is 4.95. The lowest BCUT2D eigenvalue weighted by molar-refractivity contribution is 0.0928. The van der Waals surface area contributed by atoms with Crippen molar-refractivity contribution in [1.82, 2.24) is 5.32 Å². The van der Waals surface area contributed by atoms with Crippen LogP contribution in [0.15, 0.2) is 48.5 Å². The fourth-order valence-electron chi connectivity index (χ4n) is 3.42. The van der Waals surface area contributed by atoms with Crippen molar-refractivity contribution in [2.75, 3.05) is 11.9 Å². The van der Waals surface area contributed by atoms with Crippen molar-refractivity contribution in [3.05, 3.63) is 59.7 Å². The van der Waals surface area contributed by atoms with E-state index in [1.54, 1.807) is 36.4 Å². The van der Waals surface area contributed by atoms with E-state index < -0.39 is 0 Å². The van der Waals surface area contributed by atoms with Gasteiger partial charge >= 0.3 is 0 Å². The van der Waals surface area contributed by atoms with Gasteiger partial charge in [0.2, 0.25) is 0 Å². The maximum atomic E-state index is 12.7. The van der Waals surface area contributed by atoms with Crippen LogP contribution >= 0.6 is 0 Å². The van der Waals surface area contributed by atoms with Crippen LogP contribution in [0.5, 0.6) is 5.75 Å². The topological polar surface area (TPSA) is 67.4 Å². The Balaban J connectivity index is 1.66. The van der Waals surface area contributed by atoms with Crippen LogP contribution < -0.4 is 15.4 Å². The Kier molecular flexibility index (Phi) is 7.06. The zero-order chi connectivity index (χ0) is 19.8. The molecule has 3 rings (SSSR count). The van der Waals surface area contributed by atoms with Crippen molar-refractivity contribution in [3.8, 4) is 5.75 Å². The molecule has 0 unspecified atom stereocenters. The van der Waals surface area contributed by atoms with Crippen molar-refractivity contribution >= 4 is 17.5 Å². The van der Waals surface area contributed by atoms with Crippen LogP contribution in [-0.2, 0) is 0 Å². The van der Waals surface area contributed by atoms with Crippen LogP contribution in [0.2, 0.25) is 0 Å². The third-order valence-electron chi connectivity index (χ3n) is 4.95. The van der Waals surface area contributed by atoms with E-state index in [4.69, 9.17) is 4.74 Å². The molecule has 0 bridgehead atoms. The van der Waals surface area contributed by atoms with E-state index in [0.29, 0.717) is 23.4 Å². The molecule has 2 amide bonds. The van der Waals surface area contributed by atoms with Gasteiger partial charge in [0.25, 0.3) is 11.8 Å². The summed E-state index contributed by atoms with van der Waals surface area (Å²) in [6.45, 7) is 2.69. The van der Waals surface area contributed by atoms with Crippen molar-refractivity contribution in [3.63, 3.8) is 0 Å². The van der Waals surface area contributed by atoms with Crippen LogP contribution in [-0.4, -0.2) is 24.5 Å². The zero-order valence-corrected chi connectivity index (χ0v) is 16.4. The summed E-state index contributed by atoms with van der Waals surface area (Å²) in [4.78, 5) is 25.3. The normalized spacial score (nSPS) is 14.3. The highest BCUT2D eigenvalue weighted by Gasteiger charge is 2.19. The van der Waals surface area contributed by atoms with E-state index in [9.17, 15) is 9.59 Å². The Morgan fingerprint density at radius 3 is 2.39 bits per heavy atom. The number of hydrogen-bond donors (Lipinski definition) is 2. The number of benzene rings is 2. The van der Waals surface area contributed by atoms with Gasteiger partial charge in [0.05, 0.1) is 17.9 Å². The summed E-state index contributed by atoms with van der Waals surface area (Å²) in [5.74, 6) is 0.358. The van der Waals surface area contributed by atoms with Crippen molar-refractivity contribution in [2.24, 2.45) is 0 Å². The molecule has 28 heavy (non-hydrogen) atoms. The van der Waals surface area contributed by atoms with E-state index in [1.807, 2.05) is 19.1 Å². The number of rotatable bonds is 7. The molecule has 0 aromatic heterocycles. The molecule has 5 heteroatoms. The first-order chi connectivity index (χ1) is 13.7. The number of carbonyl (C=O) groups is 2. The first kappa shape index (κ1) is 19.9. The van der Waals surface area contributed by atoms with Gasteiger partial charge in [-0.3, -0.25) is 9.59 Å². The predicted octanol–water partition coefficient (Wildman–Crippen LogP) is 4.79. The van der Waals surface area contributed by atoms with Crippen LogP contribution in [0.3, 0.4) is 0 Å². The summed E-state index contributed by atoms with van der Waals surface area (Å²) in [6, 6.07) is 14.4. The lowest BCUT2D eigenvalue weighted by Gasteiger charge is -2.23. The van der Waals surface area contributed by atoms with E-state index in [1.165, 1.54) is 6.42 Å². The average Bonchev–Trinajstić information content (AvgIpc) is 2.73. The van der Waals surface area contributed by atoms with Crippen LogP contribution in [0.4, 0.5) is 5.69 Å². The minimum atomic E-state index is -0.250. The van der Waals surface area contributed by atoms with E-state index in [0.717, 1.165) is 37.9 Å². The summed E-state index contributed by atoms with van der Waals surface area (Å²) in [5, 5.41) is 5.98. The molecule has 5 nitrogen and oxygen atoms in total. The van der Waals surface area contributed by atoms with Crippen molar-refractivity contribution in [2.45, 2.75) is 51.5 Å². The molecule has 1 fully saturated rings. The van der Waals surface area contributed by atoms with Gasteiger partial charge in [-0.15, -0.1) is 0 Å².